The Labute approximate surface area is 189 Å². The number of aliphatic hydroxyl groups is 1. The zero-order valence-corrected chi connectivity index (χ0v) is 21.4. The molecule has 0 aliphatic heterocycles. The number of rotatable bonds is 5. The molecule has 0 spiro atoms. The van der Waals surface area contributed by atoms with Crippen LogP contribution in [-0.4, -0.2) is 16.0 Å². The molecule has 29 heavy (non-hydrogen) atoms. The third-order valence-electron chi connectivity index (χ3n) is 10.8. The molecular weight excluding hydrogens is 420 g/mol. The number of fused-ring (bicyclic) bond motifs is 5. The first kappa shape index (κ1) is 22.6. The van der Waals surface area contributed by atoms with Crippen LogP contribution in [0.4, 0.5) is 0 Å². The van der Waals surface area contributed by atoms with Crippen LogP contribution < -0.4 is 0 Å². The van der Waals surface area contributed by atoms with Crippen LogP contribution in [0.5, 0.6) is 0 Å². The van der Waals surface area contributed by atoms with Crippen LogP contribution in [0, 0.1) is 52.3 Å². The van der Waals surface area contributed by atoms with Gasteiger partial charge < -0.3 is 5.11 Å². The molecule has 4 aliphatic carbocycles. The number of halogens is 1. The van der Waals surface area contributed by atoms with Crippen LogP contribution in [0.2, 0.25) is 0 Å². The van der Waals surface area contributed by atoms with E-state index in [1.165, 1.54) is 64.2 Å². The fourth-order valence-electron chi connectivity index (χ4n) is 9.26. The largest absolute Gasteiger partial charge is 0.392 e. The Morgan fingerprint density at radius 2 is 1.66 bits per heavy atom. The lowest BCUT2D eigenvalue weighted by Crippen LogP contribution is -2.56. The molecule has 0 aromatic carbocycles. The van der Waals surface area contributed by atoms with Gasteiger partial charge in [0.25, 0.3) is 0 Å². The second-order valence-corrected chi connectivity index (χ2v) is 13.9. The van der Waals surface area contributed by atoms with Gasteiger partial charge in [0.05, 0.1) is 6.10 Å². The maximum Gasteiger partial charge on any atom is 0.0668 e. The van der Waals surface area contributed by atoms with E-state index in [2.05, 4.69) is 50.5 Å². The first-order valence-electron chi connectivity index (χ1n) is 13.0. The van der Waals surface area contributed by atoms with Crippen LogP contribution in [0.15, 0.2) is 0 Å². The molecule has 1 N–H and O–H groups in total. The van der Waals surface area contributed by atoms with Crippen LogP contribution in [0.1, 0.15) is 105 Å². The zero-order chi connectivity index (χ0) is 21.0. The van der Waals surface area contributed by atoms with Crippen molar-refractivity contribution in [2.24, 2.45) is 52.3 Å². The van der Waals surface area contributed by atoms with Crippen LogP contribution in [-0.2, 0) is 0 Å². The monoisotopic (exact) mass is 466 g/mol. The number of hydrogen-bond acceptors (Lipinski definition) is 1. The van der Waals surface area contributed by atoms with Crippen molar-refractivity contribution in [3.63, 3.8) is 0 Å². The Morgan fingerprint density at radius 3 is 2.38 bits per heavy atom. The van der Waals surface area contributed by atoms with Gasteiger partial charge in [-0.05, 0) is 104 Å². The molecule has 0 saturated heterocycles. The molecule has 0 radical (unpaired) electrons. The lowest BCUT2D eigenvalue weighted by atomic mass is 9.44. The lowest BCUT2D eigenvalue weighted by Gasteiger charge is -2.61. The Hall–Kier alpha value is 0.440. The average molecular weight is 468 g/mol. The van der Waals surface area contributed by atoms with E-state index >= 15 is 0 Å². The van der Waals surface area contributed by atoms with E-state index in [1.54, 1.807) is 0 Å². The van der Waals surface area contributed by atoms with E-state index < -0.39 is 0 Å². The van der Waals surface area contributed by atoms with Crippen molar-refractivity contribution in [3.05, 3.63) is 0 Å². The van der Waals surface area contributed by atoms with Gasteiger partial charge in [-0.15, -0.1) is 0 Å². The minimum Gasteiger partial charge on any atom is -0.392 e. The maximum absolute atomic E-state index is 10.5. The zero-order valence-electron chi connectivity index (χ0n) is 19.8. The number of hydrogen-bond donors (Lipinski definition) is 1. The summed E-state index contributed by atoms with van der Waals surface area (Å²) in [5.41, 5.74) is 1.06. The lowest BCUT2D eigenvalue weighted by molar-refractivity contribution is -0.127. The number of alkyl halides is 1. The molecule has 2 heteroatoms. The van der Waals surface area contributed by atoms with Crippen molar-refractivity contribution in [3.8, 4) is 0 Å². The average Bonchev–Trinajstić information content (AvgIpc) is 3.00. The summed E-state index contributed by atoms with van der Waals surface area (Å²) in [6, 6.07) is 0. The molecule has 168 valence electrons. The summed E-state index contributed by atoms with van der Waals surface area (Å²) in [5.74, 6) is 6.31. The van der Waals surface area contributed by atoms with Crippen molar-refractivity contribution in [2.75, 3.05) is 0 Å². The second kappa shape index (κ2) is 8.42. The van der Waals surface area contributed by atoms with Crippen LogP contribution in [0.3, 0.4) is 0 Å². The smallest absolute Gasteiger partial charge is 0.0668 e. The van der Waals surface area contributed by atoms with Gasteiger partial charge in [0.15, 0.2) is 0 Å². The molecule has 4 rings (SSSR count). The quantitative estimate of drug-likeness (QED) is 0.408. The fourth-order valence-corrected chi connectivity index (χ4v) is 10.2. The van der Waals surface area contributed by atoms with E-state index in [1.807, 2.05) is 0 Å². The standard InChI is InChI=1S/C27H47BrO/c1-17(2)7-6-8-18(3)21-11-12-22-20-10-9-19-15-25(29)24(28)16-27(19,5)23(20)13-14-26(21,22)4/h17-25,29H,6-16H2,1-5H3/t18-,19+,20+,21+,22-,23+,24-,25+,26+,27+/m1/s1. The topological polar surface area (TPSA) is 20.2 Å². The summed E-state index contributed by atoms with van der Waals surface area (Å²) in [5, 5.41) is 10.5. The Kier molecular flexibility index (Phi) is 6.57. The first-order valence-corrected chi connectivity index (χ1v) is 13.9. The molecule has 0 aromatic heterocycles. The molecule has 1 nitrogen and oxygen atoms in total. The molecule has 0 bridgehead atoms. The van der Waals surface area contributed by atoms with Crippen molar-refractivity contribution >= 4 is 15.9 Å². The van der Waals surface area contributed by atoms with Crippen molar-refractivity contribution < 1.29 is 5.11 Å². The molecule has 0 amide bonds. The van der Waals surface area contributed by atoms with Gasteiger partial charge in [-0.25, -0.2) is 0 Å². The minimum absolute atomic E-state index is 0.124. The minimum atomic E-state index is -0.124. The van der Waals surface area contributed by atoms with Crippen molar-refractivity contribution in [2.45, 2.75) is 116 Å². The Balaban J connectivity index is 1.47. The molecule has 0 heterocycles. The van der Waals surface area contributed by atoms with E-state index in [0.717, 1.165) is 47.8 Å². The fraction of sp³-hybridized carbons (Fsp3) is 1.00. The number of aliphatic hydroxyl groups excluding tert-OH is 1. The van der Waals surface area contributed by atoms with E-state index in [9.17, 15) is 5.11 Å². The molecule has 4 fully saturated rings. The first-order chi connectivity index (χ1) is 13.7. The summed E-state index contributed by atoms with van der Waals surface area (Å²) in [7, 11) is 0. The molecule has 0 unspecified atom stereocenters. The van der Waals surface area contributed by atoms with Gasteiger partial charge in [0, 0.05) is 4.83 Å². The Bertz CT molecular complexity index is 575. The van der Waals surface area contributed by atoms with Crippen LogP contribution in [0.25, 0.3) is 0 Å². The molecule has 0 aromatic rings. The van der Waals surface area contributed by atoms with Crippen LogP contribution >= 0.6 is 15.9 Å². The Morgan fingerprint density at radius 1 is 0.931 bits per heavy atom. The molecule has 4 saturated carbocycles. The summed E-state index contributed by atoms with van der Waals surface area (Å²) in [6.07, 6.45) is 15.1. The highest BCUT2D eigenvalue weighted by Gasteiger charge is 2.61. The van der Waals surface area contributed by atoms with Gasteiger partial charge in [-0.3, -0.25) is 0 Å². The summed E-state index contributed by atoms with van der Waals surface area (Å²) < 4.78 is 0. The van der Waals surface area contributed by atoms with Gasteiger partial charge in [0.2, 0.25) is 0 Å². The second-order valence-electron chi connectivity index (χ2n) is 12.7. The van der Waals surface area contributed by atoms with Crippen molar-refractivity contribution in [1.82, 2.24) is 0 Å². The molecule has 4 aliphatic rings. The normalized spacial score (nSPS) is 50.7. The van der Waals surface area contributed by atoms with E-state index in [0.29, 0.717) is 15.7 Å². The van der Waals surface area contributed by atoms with Gasteiger partial charge in [-0.1, -0.05) is 69.8 Å². The third-order valence-corrected chi connectivity index (χ3v) is 11.8. The van der Waals surface area contributed by atoms with Gasteiger partial charge >= 0.3 is 0 Å². The molecule has 10 atom stereocenters. The van der Waals surface area contributed by atoms with Gasteiger partial charge in [-0.2, -0.15) is 0 Å². The third kappa shape index (κ3) is 3.90. The maximum atomic E-state index is 10.5. The van der Waals surface area contributed by atoms with E-state index in [4.69, 9.17) is 0 Å². The highest BCUT2D eigenvalue weighted by atomic mass is 79.9. The highest BCUT2D eigenvalue weighted by Crippen LogP contribution is 2.68. The summed E-state index contributed by atoms with van der Waals surface area (Å²) in [4.78, 5) is 0.313. The van der Waals surface area contributed by atoms with Crippen molar-refractivity contribution in [1.29, 1.82) is 0 Å². The SMILES string of the molecule is CC(C)CCC[C@@H](C)[C@@H]1CC[C@@H]2[C@@H]3CC[C@H]4C[C@H](O)[C@H](Br)C[C@]4(C)[C@H]3CC[C@]21C. The predicted octanol–water partition coefficient (Wildman–Crippen LogP) is 7.84. The highest BCUT2D eigenvalue weighted by molar-refractivity contribution is 9.09. The summed E-state index contributed by atoms with van der Waals surface area (Å²) >= 11 is 3.85. The predicted molar refractivity (Wildman–Crippen MR) is 127 cm³/mol. The van der Waals surface area contributed by atoms with Gasteiger partial charge in [0.1, 0.15) is 0 Å². The summed E-state index contributed by atoms with van der Waals surface area (Å²) in [6.45, 7) is 12.6. The molecular formula is C27H47BrO. The van der Waals surface area contributed by atoms with E-state index in [-0.39, 0.29) is 6.10 Å².